The van der Waals surface area contributed by atoms with E-state index in [9.17, 15) is 8.42 Å². The lowest BCUT2D eigenvalue weighted by molar-refractivity contribution is 0.477. The Morgan fingerprint density at radius 3 is 2.50 bits per heavy atom. The van der Waals surface area contributed by atoms with Gasteiger partial charge in [0.15, 0.2) is 5.82 Å². The van der Waals surface area contributed by atoms with Crippen molar-refractivity contribution in [2.75, 3.05) is 18.4 Å². The van der Waals surface area contributed by atoms with Gasteiger partial charge in [0.25, 0.3) is 0 Å². The third-order valence-corrected chi connectivity index (χ3v) is 6.61. The molecule has 8 heteroatoms. The molecule has 0 radical (unpaired) electrons. The molecule has 1 saturated heterocycles. The monoisotopic (exact) mass is 347 g/mol. The zero-order valence-electron chi connectivity index (χ0n) is 13.5. The fourth-order valence-electron chi connectivity index (χ4n) is 3.34. The van der Waals surface area contributed by atoms with Crippen molar-refractivity contribution in [2.45, 2.75) is 43.7 Å². The molecule has 0 aliphatic carbocycles. The Bertz CT molecular complexity index is 823. The predicted octanol–water partition coefficient (Wildman–Crippen LogP) is 1.62. The van der Waals surface area contributed by atoms with E-state index >= 15 is 0 Å². The number of nitrogens with zero attached hydrogens (tertiary/aromatic N) is 4. The molecular weight excluding hydrogens is 326 g/mol. The molecule has 4 rings (SSSR count). The number of anilines is 1. The molecule has 0 atom stereocenters. The Morgan fingerprint density at radius 1 is 1.00 bits per heavy atom. The van der Waals surface area contributed by atoms with Crippen LogP contribution in [-0.2, 0) is 29.5 Å². The largest absolute Gasteiger partial charge is 0.378 e. The Kier molecular flexibility index (Phi) is 4.01. The summed E-state index contributed by atoms with van der Waals surface area (Å²) in [5.74, 6) is 1.98. The minimum Gasteiger partial charge on any atom is -0.378 e. The fraction of sp³-hybridized carbons (Fsp3) is 0.500. The van der Waals surface area contributed by atoms with Gasteiger partial charge in [-0.25, -0.2) is 8.42 Å². The number of fused-ring (bicyclic) bond motifs is 1. The van der Waals surface area contributed by atoms with E-state index in [0.717, 1.165) is 49.6 Å². The van der Waals surface area contributed by atoms with Crippen LogP contribution in [0.3, 0.4) is 0 Å². The molecule has 24 heavy (non-hydrogen) atoms. The lowest BCUT2D eigenvalue weighted by Gasteiger charge is -2.15. The van der Waals surface area contributed by atoms with Crippen molar-refractivity contribution >= 4 is 15.7 Å². The molecule has 1 fully saturated rings. The van der Waals surface area contributed by atoms with Crippen LogP contribution in [0.5, 0.6) is 0 Å². The van der Waals surface area contributed by atoms with Crippen molar-refractivity contribution in [2.24, 2.45) is 0 Å². The number of sulfonamides is 1. The van der Waals surface area contributed by atoms with E-state index in [1.807, 2.05) is 12.1 Å². The lowest BCUT2D eigenvalue weighted by atomic mass is 10.3. The van der Waals surface area contributed by atoms with Crippen LogP contribution in [0.15, 0.2) is 29.2 Å². The van der Waals surface area contributed by atoms with Crippen LogP contribution < -0.4 is 5.32 Å². The molecule has 3 heterocycles. The molecule has 0 saturated carbocycles. The van der Waals surface area contributed by atoms with Gasteiger partial charge in [0.1, 0.15) is 5.82 Å². The zero-order chi connectivity index (χ0) is 16.6. The van der Waals surface area contributed by atoms with E-state index in [0.29, 0.717) is 24.5 Å². The number of aryl methyl sites for hydroxylation is 1. The molecule has 0 bridgehead atoms. The van der Waals surface area contributed by atoms with Gasteiger partial charge >= 0.3 is 0 Å². The standard InChI is InChI=1S/C16H21N5O2S/c22-24(23,20-9-1-2-10-20)14-7-5-13(6-8-14)17-12-16-19-18-15-4-3-11-21(15)16/h5-8,17H,1-4,9-12H2. The molecule has 0 spiro atoms. The highest BCUT2D eigenvalue weighted by Gasteiger charge is 2.26. The topological polar surface area (TPSA) is 80.1 Å². The zero-order valence-corrected chi connectivity index (χ0v) is 14.3. The molecule has 7 nitrogen and oxygen atoms in total. The molecule has 1 N–H and O–H groups in total. The van der Waals surface area contributed by atoms with Gasteiger partial charge in [-0.15, -0.1) is 10.2 Å². The SMILES string of the molecule is O=S(=O)(c1ccc(NCc2nnc3n2CCC3)cc1)N1CCCC1. The first-order chi connectivity index (χ1) is 11.6. The van der Waals surface area contributed by atoms with E-state index in [-0.39, 0.29) is 0 Å². The number of aromatic nitrogens is 3. The van der Waals surface area contributed by atoms with Crippen LogP contribution in [-0.4, -0.2) is 40.6 Å². The Labute approximate surface area is 141 Å². The normalized spacial score (nSPS) is 18.0. The van der Waals surface area contributed by atoms with Crippen LogP contribution in [0.4, 0.5) is 5.69 Å². The van der Waals surface area contributed by atoms with Gasteiger partial charge in [-0.1, -0.05) is 0 Å². The molecule has 0 amide bonds. The Morgan fingerprint density at radius 2 is 1.75 bits per heavy atom. The Hall–Kier alpha value is -1.93. The maximum absolute atomic E-state index is 12.5. The van der Waals surface area contributed by atoms with Gasteiger partial charge in [0, 0.05) is 31.7 Å². The average molecular weight is 347 g/mol. The molecule has 2 aliphatic rings. The fourth-order valence-corrected chi connectivity index (χ4v) is 4.86. The highest BCUT2D eigenvalue weighted by Crippen LogP contribution is 2.22. The first-order valence-electron chi connectivity index (χ1n) is 8.40. The summed E-state index contributed by atoms with van der Waals surface area (Å²) in [6, 6.07) is 6.96. The van der Waals surface area contributed by atoms with Crippen molar-refractivity contribution in [1.82, 2.24) is 19.1 Å². The van der Waals surface area contributed by atoms with Crippen molar-refractivity contribution in [3.05, 3.63) is 35.9 Å². The molecule has 2 aliphatic heterocycles. The van der Waals surface area contributed by atoms with Crippen LogP contribution in [0.2, 0.25) is 0 Å². The molecule has 1 aromatic heterocycles. The summed E-state index contributed by atoms with van der Waals surface area (Å²) in [5, 5.41) is 11.7. The van der Waals surface area contributed by atoms with Gasteiger partial charge in [-0.2, -0.15) is 4.31 Å². The first kappa shape index (κ1) is 15.6. The van der Waals surface area contributed by atoms with E-state index in [2.05, 4.69) is 20.1 Å². The average Bonchev–Trinajstić information content (AvgIpc) is 3.31. The molecular formula is C16H21N5O2S. The summed E-state index contributed by atoms with van der Waals surface area (Å²) in [4.78, 5) is 0.360. The number of hydrogen-bond donors (Lipinski definition) is 1. The number of nitrogens with one attached hydrogen (secondary N) is 1. The summed E-state index contributed by atoms with van der Waals surface area (Å²) < 4.78 is 28.7. The highest BCUT2D eigenvalue weighted by atomic mass is 32.2. The summed E-state index contributed by atoms with van der Waals surface area (Å²) in [6.45, 7) is 2.82. The molecule has 0 unspecified atom stereocenters. The highest BCUT2D eigenvalue weighted by molar-refractivity contribution is 7.89. The number of rotatable bonds is 5. The molecule has 2 aromatic rings. The summed E-state index contributed by atoms with van der Waals surface area (Å²) in [5.41, 5.74) is 0.880. The van der Waals surface area contributed by atoms with Gasteiger partial charge in [0.2, 0.25) is 10.0 Å². The van der Waals surface area contributed by atoms with E-state index in [1.54, 1.807) is 16.4 Å². The van der Waals surface area contributed by atoms with Crippen LogP contribution in [0.1, 0.15) is 30.9 Å². The van der Waals surface area contributed by atoms with E-state index < -0.39 is 10.0 Å². The second-order valence-electron chi connectivity index (χ2n) is 6.28. The summed E-state index contributed by atoms with van der Waals surface area (Å²) in [7, 11) is -3.34. The van der Waals surface area contributed by atoms with Gasteiger partial charge in [-0.05, 0) is 43.5 Å². The molecule has 1 aromatic carbocycles. The van der Waals surface area contributed by atoms with Crippen molar-refractivity contribution in [1.29, 1.82) is 0 Å². The lowest BCUT2D eigenvalue weighted by Crippen LogP contribution is -2.27. The second-order valence-corrected chi connectivity index (χ2v) is 8.21. The van der Waals surface area contributed by atoms with Crippen LogP contribution in [0, 0.1) is 0 Å². The van der Waals surface area contributed by atoms with Crippen LogP contribution in [0.25, 0.3) is 0 Å². The van der Waals surface area contributed by atoms with Gasteiger partial charge in [-0.3, -0.25) is 0 Å². The van der Waals surface area contributed by atoms with Gasteiger partial charge < -0.3 is 9.88 Å². The maximum atomic E-state index is 12.5. The van der Waals surface area contributed by atoms with Crippen molar-refractivity contribution in [3.63, 3.8) is 0 Å². The molecule has 128 valence electrons. The Balaban J connectivity index is 1.44. The van der Waals surface area contributed by atoms with E-state index in [1.165, 1.54) is 0 Å². The van der Waals surface area contributed by atoms with E-state index in [4.69, 9.17) is 0 Å². The quantitative estimate of drug-likeness (QED) is 0.889. The minimum absolute atomic E-state index is 0.360. The maximum Gasteiger partial charge on any atom is 0.243 e. The third kappa shape index (κ3) is 2.80. The van der Waals surface area contributed by atoms with Crippen LogP contribution >= 0.6 is 0 Å². The minimum atomic E-state index is -3.34. The predicted molar refractivity (Wildman–Crippen MR) is 90.1 cm³/mol. The first-order valence-corrected chi connectivity index (χ1v) is 9.84. The smallest absolute Gasteiger partial charge is 0.243 e. The summed E-state index contributed by atoms with van der Waals surface area (Å²) in [6.07, 6.45) is 4.01. The van der Waals surface area contributed by atoms with Gasteiger partial charge in [0.05, 0.1) is 11.4 Å². The summed E-state index contributed by atoms with van der Waals surface area (Å²) >= 11 is 0. The number of benzene rings is 1. The number of hydrogen-bond acceptors (Lipinski definition) is 5. The third-order valence-electron chi connectivity index (χ3n) is 4.69. The second kappa shape index (κ2) is 6.18. The van der Waals surface area contributed by atoms with Crippen molar-refractivity contribution in [3.8, 4) is 0 Å². The van der Waals surface area contributed by atoms with Crippen molar-refractivity contribution < 1.29 is 8.42 Å².